The van der Waals surface area contributed by atoms with Gasteiger partial charge in [0.1, 0.15) is 5.76 Å². The smallest absolute Gasteiger partial charge is 0.311 e. The Morgan fingerprint density at radius 2 is 2.04 bits per heavy atom. The second-order valence-electron chi connectivity index (χ2n) is 6.79. The number of amides is 2. The molecule has 7 heteroatoms. The van der Waals surface area contributed by atoms with Gasteiger partial charge in [0.25, 0.3) is 5.91 Å². The molecule has 27 heavy (non-hydrogen) atoms. The van der Waals surface area contributed by atoms with Gasteiger partial charge in [-0.1, -0.05) is 18.2 Å². The Hall–Kier alpha value is -3.09. The number of anilines is 1. The number of hydrogen-bond donors (Lipinski definition) is 0. The fraction of sp³-hybridized carbons (Fsp3) is 0.350. The van der Waals surface area contributed by atoms with E-state index in [0.717, 1.165) is 17.7 Å². The predicted molar refractivity (Wildman–Crippen MR) is 95.7 cm³/mol. The van der Waals surface area contributed by atoms with E-state index in [9.17, 15) is 14.4 Å². The molecule has 1 atom stereocenters. The molecule has 0 unspecified atom stereocenters. The van der Waals surface area contributed by atoms with Crippen molar-refractivity contribution in [1.29, 1.82) is 0 Å². The number of carbonyl (C=O) groups is 3. The molecule has 0 bridgehead atoms. The van der Waals surface area contributed by atoms with Gasteiger partial charge in [0, 0.05) is 25.2 Å². The molecular formula is C20H20N2O5. The lowest BCUT2D eigenvalue weighted by atomic mass is 10.1. The lowest BCUT2D eigenvalue weighted by Crippen LogP contribution is -2.34. The lowest BCUT2D eigenvalue weighted by molar-refractivity contribution is -0.151. The van der Waals surface area contributed by atoms with Crippen LogP contribution in [0.15, 0.2) is 47.1 Å². The average Bonchev–Trinajstić information content (AvgIpc) is 3.40. The van der Waals surface area contributed by atoms with E-state index in [0.29, 0.717) is 18.8 Å². The van der Waals surface area contributed by atoms with Crippen LogP contribution in [0.25, 0.3) is 0 Å². The van der Waals surface area contributed by atoms with Crippen molar-refractivity contribution in [2.45, 2.75) is 19.4 Å². The van der Waals surface area contributed by atoms with Gasteiger partial charge in [0.15, 0.2) is 6.61 Å². The van der Waals surface area contributed by atoms with Gasteiger partial charge in [-0.15, -0.1) is 0 Å². The second kappa shape index (κ2) is 7.26. The molecule has 2 aliphatic heterocycles. The molecule has 0 radical (unpaired) electrons. The van der Waals surface area contributed by atoms with Crippen molar-refractivity contribution >= 4 is 23.5 Å². The Kier molecular flexibility index (Phi) is 4.66. The van der Waals surface area contributed by atoms with Crippen LogP contribution in [0.4, 0.5) is 5.69 Å². The number of nitrogens with zero attached hydrogens (tertiary/aromatic N) is 2. The second-order valence-corrected chi connectivity index (χ2v) is 6.79. The van der Waals surface area contributed by atoms with Crippen molar-refractivity contribution in [3.05, 3.63) is 54.0 Å². The number of furan rings is 1. The fourth-order valence-electron chi connectivity index (χ4n) is 3.60. The molecular weight excluding hydrogens is 348 g/mol. The molecule has 0 N–H and O–H groups in total. The number of fused-ring (bicyclic) bond motifs is 1. The number of hydrogen-bond acceptors (Lipinski definition) is 5. The first-order valence-electron chi connectivity index (χ1n) is 8.97. The van der Waals surface area contributed by atoms with Crippen LogP contribution >= 0.6 is 0 Å². The molecule has 1 aromatic heterocycles. The summed E-state index contributed by atoms with van der Waals surface area (Å²) >= 11 is 0. The summed E-state index contributed by atoms with van der Waals surface area (Å²) in [6, 6.07) is 11.2. The SMILES string of the molecule is O=C(OCC(=O)N1CCc2ccccc21)[C@H]1CC(=O)N(Cc2ccco2)C1. The topological polar surface area (TPSA) is 80.1 Å². The minimum atomic E-state index is -0.550. The van der Waals surface area contributed by atoms with Gasteiger partial charge in [-0.25, -0.2) is 0 Å². The Morgan fingerprint density at radius 3 is 2.85 bits per heavy atom. The largest absolute Gasteiger partial charge is 0.467 e. The van der Waals surface area contributed by atoms with Crippen LogP contribution in [-0.4, -0.2) is 42.4 Å². The third kappa shape index (κ3) is 3.58. The van der Waals surface area contributed by atoms with Crippen molar-refractivity contribution in [3.63, 3.8) is 0 Å². The first-order valence-corrected chi connectivity index (χ1v) is 8.97. The summed E-state index contributed by atoms with van der Waals surface area (Å²) in [6.07, 6.45) is 2.44. The maximum absolute atomic E-state index is 12.4. The first-order chi connectivity index (χ1) is 13.1. The van der Waals surface area contributed by atoms with Crippen LogP contribution in [0.1, 0.15) is 17.7 Å². The van der Waals surface area contributed by atoms with Crippen LogP contribution in [0.2, 0.25) is 0 Å². The monoisotopic (exact) mass is 368 g/mol. The van der Waals surface area contributed by atoms with E-state index in [-0.39, 0.29) is 31.4 Å². The van der Waals surface area contributed by atoms with Gasteiger partial charge in [0.2, 0.25) is 5.91 Å². The van der Waals surface area contributed by atoms with Gasteiger partial charge in [-0.2, -0.15) is 0 Å². The number of rotatable bonds is 5. The number of likely N-dealkylation sites (tertiary alicyclic amines) is 1. The van der Waals surface area contributed by atoms with Gasteiger partial charge in [-0.3, -0.25) is 14.4 Å². The minimum Gasteiger partial charge on any atom is -0.467 e. The van der Waals surface area contributed by atoms with Crippen LogP contribution in [0.3, 0.4) is 0 Å². The van der Waals surface area contributed by atoms with Crippen molar-refractivity contribution in [3.8, 4) is 0 Å². The highest BCUT2D eigenvalue weighted by Crippen LogP contribution is 2.27. The normalized spacial score (nSPS) is 18.7. The molecule has 4 rings (SSSR count). The molecule has 2 amide bonds. The molecule has 0 aliphatic carbocycles. The summed E-state index contributed by atoms with van der Waals surface area (Å²) in [5, 5.41) is 0. The highest BCUT2D eigenvalue weighted by atomic mass is 16.5. The predicted octanol–water partition coefficient (Wildman–Crippen LogP) is 1.76. The van der Waals surface area contributed by atoms with E-state index in [1.807, 2.05) is 24.3 Å². The Labute approximate surface area is 156 Å². The number of esters is 1. The van der Waals surface area contributed by atoms with Crippen LogP contribution in [0, 0.1) is 5.92 Å². The third-order valence-corrected chi connectivity index (χ3v) is 5.00. The quantitative estimate of drug-likeness (QED) is 0.752. The fourth-order valence-corrected chi connectivity index (χ4v) is 3.60. The maximum Gasteiger partial charge on any atom is 0.311 e. The van der Waals surface area contributed by atoms with E-state index >= 15 is 0 Å². The highest BCUT2D eigenvalue weighted by molar-refractivity contribution is 5.97. The first kappa shape index (κ1) is 17.3. The average molecular weight is 368 g/mol. The van der Waals surface area contributed by atoms with Crippen molar-refractivity contribution < 1.29 is 23.5 Å². The number of carbonyl (C=O) groups excluding carboxylic acids is 3. The minimum absolute atomic E-state index is 0.0975. The third-order valence-electron chi connectivity index (χ3n) is 5.00. The molecule has 140 valence electrons. The van der Waals surface area contributed by atoms with E-state index in [1.54, 1.807) is 28.2 Å². The number of ether oxygens (including phenoxy) is 1. The summed E-state index contributed by atoms with van der Waals surface area (Å²) in [5.41, 5.74) is 1.99. The zero-order chi connectivity index (χ0) is 18.8. The van der Waals surface area contributed by atoms with Gasteiger partial charge < -0.3 is 19.0 Å². The molecule has 3 heterocycles. The van der Waals surface area contributed by atoms with Crippen molar-refractivity contribution in [2.24, 2.45) is 5.92 Å². The van der Waals surface area contributed by atoms with Crippen LogP contribution in [-0.2, 0) is 32.1 Å². The Balaban J connectivity index is 1.30. The summed E-state index contributed by atoms with van der Waals surface area (Å²) in [6.45, 7) is 0.892. The van der Waals surface area contributed by atoms with Crippen molar-refractivity contribution in [2.75, 3.05) is 24.6 Å². The van der Waals surface area contributed by atoms with Gasteiger partial charge in [0.05, 0.1) is 18.7 Å². The highest BCUT2D eigenvalue weighted by Gasteiger charge is 2.36. The molecule has 2 aromatic rings. The standard InChI is InChI=1S/C20H20N2O5/c23-18-10-15(11-21(18)12-16-5-3-9-26-16)20(25)27-13-19(24)22-8-7-14-4-1-2-6-17(14)22/h1-6,9,15H,7-8,10-13H2/t15-/m0/s1. The maximum atomic E-state index is 12.4. The van der Waals surface area contributed by atoms with Gasteiger partial charge in [-0.05, 0) is 30.2 Å². The van der Waals surface area contributed by atoms with Crippen LogP contribution in [0.5, 0.6) is 0 Å². The van der Waals surface area contributed by atoms with E-state index in [1.165, 1.54) is 0 Å². The molecule has 7 nitrogen and oxygen atoms in total. The summed E-state index contributed by atoms with van der Waals surface area (Å²) < 4.78 is 10.5. The molecule has 1 fully saturated rings. The lowest BCUT2D eigenvalue weighted by Gasteiger charge is -2.18. The zero-order valence-electron chi connectivity index (χ0n) is 14.8. The summed E-state index contributed by atoms with van der Waals surface area (Å²) in [5.74, 6) is -0.754. The van der Waals surface area contributed by atoms with Crippen molar-refractivity contribution in [1.82, 2.24) is 4.90 Å². The number of para-hydroxylation sites is 1. The van der Waals surface area contributed by atoms with Crippen LogP contribution < -0.4 is 4.90 Å². The Morgan fingerprint density at radius 1 is 1.19 bits per heavy atom. The zero-order valence-corrected chi connectivity index (χ0v) is 14.8. The Bertz CT molecular complexity index is 861. The molecule has 1 saturated heterocycles. The van der Waals surface area contributed by atoms with E-state index < -0.39 is 11.9 Å². The summed E-state index contributed by atoms with van der Waals surface area (Å²) in [4.78, 5) is 40.1. The van der Waals surface area contributed by atoms with Gasteiger partial charge >= 0.3 is 5.97 Å². The summed E-state index contributed by atoms with van der Waals surface area (Å²) in [7, 11) is 0. The molecule has 0 spiro atoms. The molecule has 2 aliphatic rings. The van der Waals surface area contributed by atoms with E-state index in [4.69, 9.17) is 9.15 Å². The molecule has 1 aromatic carbocycles. The molecule has 0 saturated carbocycles. The number of benzene rings is 1. The van der Waals surface area contributed by atoms with E-state index in [2.05, 4.69) is 0 Å².